The Morgan fingerprint density at radius 2 is 1.59 bits per heavy atom. The summed E-state index contributed by atoms with van der Waals surface area (Å²) in [6.45, 7) is 0. The largest absolute Gasteiger partial charge is 1.00 e. The Balaban J connectivity index is 0.00000289. The van der Waals surface area contributed by atoms with Crippen LogP contribution in [0.3, 0.4) is 0 Å². The van der Waals surface area contributed by atoms with Crippen molar-refractivity contribution in [3.63, 3.8) is 0 Å². The summed E-state index contributed by atoms with van der Waals surface area (Å²) in [5, 5.41) is 12.3. The van der Waals surface area contributed by atoms with Gasteiger partial charge in [0, 0.05) is 23.1 Å². The number of ether oxygens (including phenoxy) is 1. The maximum atomic E-state index is 13.5. The number of carbonyl (C=O) groups excluding carboxylic acids is 2. The molecule has 0 spiro atoms. The van der Waals surface area contributed by atoms with Crippen LogP contribution >= 0.6 is 11.7 Å². The fraction of sp³-hybridized carbons (Fsp3) is 0.0833. The van der Waals surface area contributed by atoms with Crippen molar-refractivity contribution in [3.05, 3.63) is 95.1 Å². The number of methoxy groups -OCH3 is 1. The zero-order valence-electron chi connectivity index (χ0n) is 17.6. The maximum Gasteiger partial charge on any atom is 1.00 e. The van der Waals surface area contributed by atoms with Gasteiger partial charge in [0.2, 0.25) is 0 Å². The van der Waals surface area contributed by atoms with Crippen molar-refractivity contribution in [1.82, 2.24) is 8.75 Å². The van der Waals surface area contributed by atoms with Gasteiger partial charge in [0.15, 0.2) is 5.78 Å². The third-order valence-corrected chi connectivity index (χ3v) is 5.47. The Hall–Kier alpha value is -2.84. The van der Waals surface area contributed by atoms with Gasteiger partial charge < -0.3 is 14.6 Å². The first-order valence-corrected chi connectivity index (χ1v) is 10.2. The van der Waals surface area contributed by atoms with Crippen molar-refractivity contribution in [2.24, 2.45) is 0 Å². The first kappa shape index (κ1) is 23.8. The first-order chi connectivity index (χ1) is 15.1. The maximum absolute atomic E-state index is 13.5. The molecule has 4 rings (SSSR count). The van der Waals surface area contributed by atoms with Gasteiger partial charge in [-0.05, 0) is 29.3 Å². The molecule has 1 aromatic heterocycles. The SMILES string of the molecule is COc1ccccc1CC(C(=O)c1ccccc1)=C(C(=O)[O-])c1ccc2nsnc2c1.[Na+]. The van der Waals surface area contributed by atoms with E-state index in [1.54, 1.807) is 60.7 Å². The third-order valence-electron chi connectivity index (χ3n) is 4.92. The molecular weight excluding hydrogens is 435 g/mol. The second-order valence-electron chi connectivity index (χ2n) is 6.79. The second-order valence-corrected chi connectivity index (χ2v) is 7.32. The number of Topliss-reactive ketones (excluding diaryl/α,β-unsaturated/α-hetero) is 1. The molecule has 8 heteroatoms. The summed E-state index contributed by atoms with van der Waals surface area (Å²) in [6.07, 6.45) is 0.0639. The predicted molar refractivity (Wildman–Crippen MR) is 117 cm³/mol. The zero-order chi connectivity index (χ0) is 21.8. The van der Waals surface area contributed by atoms with Crippen LogP contribution in [0.1, 0.15) is 21.5 Å². The van der Waals surface area contributed by atoms with Crippen LogP contribution in [0.15, 0.2) is 78.4 Å². The number of aliphatic carboxylic acids is 1. The van der Waals surface area contributed by atoms with Crippen LogP contribution in [-0.4, -0.2) is 27.6 Å². The standard InChI is InChI=1S/C24H18N2O4S.Na/c1-30-21-10-6-5-9-16(21)13-18(23(27)15-7-3-2-4-8-15)22(24(28)29)17-11-12-19-20(14-17)26-31-25-19;/h2-12,14H,13H2,1H3,(H,28,29);/q;+1/p-1. The normalized spacial score (nSPS) is 11.4. The van der Waals surface area contributed by atoms with Crippen LogP contribution in [0.4, 0.5) is 0 Å². The molecule has 0 aliphatic heterocycles. The van der Waals surface area contributed by atoms with Crippen LogP contribution in [-0.2, 0) is 11.2 Å². The van der Waals surface area contributed by atoms with E-state index in [9.17, 15) is 14.7 Å². The predicted octanol–water partition coefficient (Wildman–Crippen LogP) is 0.333. The molecule has 0 N–H and O–H groups in total. The molecule has 4 aromatic rings. The minimum absolute atomic E-state index is 0. The van der Waals surface area contributed by atoms with E-state index in [-0.39, 0.29) is 52.9 Å². The Labute approximate surface area is 211 Å². The molecule has 1 heterocycles. The third kappa shape index (κ3) is 4.97. The molecule has 0 atom stereocenters. The number of hydrogen-bond donors (Lipinski definition) is 0. The van der Waals surface area contributed by atoms with Crippen molar-refractivity contribution in [1.29, 1.82) is 0 Å². The molecule has 0 unspecified atom stereocenters. The molecule has 3 aromatic carbocycles. The molecule has 0 aliphatic rings. The number of nitrogens with zero attached hydrogens (tertiary/aromatic N) is 2. The summed E-state index contributed by atoms with van der Waals surface area (Å²) in [5.74, 6) is -1.25. The molecule has 32 heavy (non-hydrogen) atoms. The number of para-hydroxylation sites is 1. The second kappa shape index (κ2) is 10.7. The number of carboxylic acid groups (broad SMARTS) is 1. The Bertz CT molecular complexity index is 1300. The number of ketones is 1. The quantitative estimate of drug-likeness (QED) is 0.228. The summed E-state index contributed by atoms with van der Waals surface area (Å²) < 4.78 is 13.7. The van der Waals surface area contributed by atoms with Crippen molar-refractivity contribution in [2.45, 2.75) is 6.42 Å². The van der Waals surface area contributed by atoms with E-state index >= 15 is 0 Å². The van der Waals surface area contributed by atoms with Crippen LogP contribution in [0, 0.1) is 0 Å². The van der Waals surface area contributed by atoms with E-state index in [0.29, 0.717) is 33.5 Å². The van der Waals surface area contributed by atoms with E-state index in [2.05, 4.69) is 8.75 Å². The van der Waals surface area contributed by atoms with Crippen LogP contribution in [0.5, 0.6) is 5.75 Å². The number of hydrogen-bond acceptors (Lipinski definition) is 7. The van der Waals surface area contributed by atoms with E-state index in [1.165, 1.54) is 7.11 Å². The van der Waals surface area contributed by atoms with Gasteiger partial charge in [-0.1, -0.05) is 54.6 Å². The minimum Gasteiger partial charge on any atom is -0.545 e. The number of benzene rings is 3. The van der Waals surface area contributed by atoms with Gasteiger partial charge in [0.05, 0.1) is 24.8 Å². The van der Waals surface area contributed by atoms with Crippen molar-refractivity contribution in [3.8, 4) is 5.75 Å². The van der Waals surface area contributed by atoms with Gasteiger partial charge in [-0.3, -0.25) is 4.79 Å². The van der Waals surface area contributed by atoms with E-state index < -0.39 is 5.97 Å². The first-order valence-electron chi connectivity index (χ1n) is 9.47. The van der Waals surface area contributed by atoms with Gasteiger partial charge in [-0.15, -0.1) is 0 Å². The Kier molecular flexibility index (Phi) is 7.93. The van der Waals surface area contributed by atoms with Crippen molar-refractivity contribution in [2.75, 3.05) is 7.11 Å². The fourth-order valence-electron chi connectivity index (χ4n) is 3.44. The number of carbonyl (C=O) groups is 2. The van der Waals surface area contributed by atoms with E-state index in [1.807, 2.05) is 12.1 Å². The molecule has 0 aliphatic carbocycles. The zero-order valence-corrected chi connectivity index (χ0v) is 20.4. The number of rotatable bonds is 7. The number of aromatic nitrogens is 2. The molecule has 0 fully saturated rings. The topological polar surface area (TPSA) is 92.2 Å². The Morgan fingerprint density at radius 1 is 0.906 bits per heavy atom. The van der Waals surface area contributed by atoms with Gasteiger partial charge in [0.1, 0.15) is 16.8 Å². The van der Waals surface area contributed by atoms with Crippen LogP contribution < -0.4 is 39.4 Å². The summed E-state index contributed by atoms with van der Waals surface area (Å²) >= 11 is 1.04. The molecule has 0 saturated heterocycles. The molecule has 0 saturated carbocycles. The summed E-state index contributed by atoms with van der Waals surface area (Å²) in [7, 11) is 1.53. The molecular formula is C24H17N2NaO4S. The average molecular weight is 452 g/mol. The molecule has 0 radical (unpaired) electrons. The van der Waals surface area contributed by atoms with Crippen LogP contribution in [0.2, 0.25) is 0 Å². The smallest absolute Gasteiger partial charge is 0.545 e. The summed E-state index contributed by atoms with van der Waals surface area (Å²) in [4.78, 5) is 25.8. The van der Waals surface area contributed by atoms with Crippen molar-refractivity contribution >= 4 is 40.1 Å². The number of allylic oxidation sites excluding steroid dienone is 1. The van der Waals surface area contributed by atoms with Crippen LogP contribution in [0.25, 0.3) is 16.6 Å². The monoisotopic (exact) mass is 452 g/mol. The molecule has 6 nitrogen and oxygen atoms in total. The molecule has 154 valence electrons. The summed E-state index contributed by atoms with van der Waals surface area (Å²) in [5.41, 5.74) is 2.58. The van der Waals surface area contributed by atoms with Gasteiger partial charge in [0.25, 0.3) is 0 Å². The van der Waals surface area contributed by atoms with Gasteiger partial charge >= 0.3 is 29.6 Å². The summed E-state index contributed by atoms with van der Waals surface area (Å²) in [6, 6.07) is 20.7. The number of fused-ring (bicyclic) bond motifs is 1. The number of carboxylic acids is 1. The van der Waals surface area contributed by atoms with Gasteiger partial charge in [-0.25, -0.2) is 0 Å². The molecule has 0 bridgehead atoms. The van der Waals surface area contributed by atoms with E-state index in [4.69, 9.17) is 4.74 Å². The Morgan fingerprint density at radius 3 is 2.31 bits per heavy atom. The molecule has 0 amide bonds. The minimum atomic E-state index is -1.43. The van der Waals surface area contributed by atoms with E-state index in [0.717, 1.165) is 11.7 Å². The fourth-order valence-corrected chi connectivity index (χ4v) is 3.96. The average Bonchev–Trinajstić information content (AvgIpc) is 3.27. The van der Waals surface area contributed by atoms with Gasteiger partial charge in [-0.2, -0.15) is 8.75 Å². The van der Waals surface area contributed by atoms with Crippen molar-refractivity contribution < 1.29 is 49.0 Å².